The van der Waals surface area contributed by atoms with E-state index in [9.17, 15) is 14.4 Å². The van der Waals surface area contributed by atoms with Crippen molar-refractivity contribution in [2.45, 2.75) is 25.8 Å². The minimum absolute atomic E-state index is 0.0483. The highest BCUT2D eigenvalue weighted by molar-refractivity contribution is 9.10. The Hall–Kier alpha value is -3.65. The molecule has 3 aromatic rings. The number of anilines is 1. The molecular weight excluding hydrogens is 512 g/mol. The fourth-order valence-electron chi connectivity index (χ4n) is 4.29. The van der Waals surface area contributed by atoms with Crippen LogP contribution < -0.4 is 5.32 Å². The maximum atomic E-state index is 12.8. The molecule has 0 radical (unpaired) electrons. The third-order valence-electron chi connectivity index (χ3n) is 5.99. The van der Waals surface area contributed by atoms with E-state index in [1.807, 2.05) is 24.3 Å². The molecule has 0 unspecified atom stereocenters. The van der Waals surface area contributed by atoms with Crippen molar-refractivity contribution in [3.05, 3.63) is 87.9 Å². The van der Waals surface area contributed by atoms with E-state index in [-0.39, 0.29) is 18.6 Å². The standard InChI is InChI=1S/C27H25BrN2O5/c1-16(2)30(14-25(31)32)26(33)17-11-12-24(23(28)13-17)29-27(34)35-15-22-20-9-5-3-7-18(20)19-8-4-6-10-21(19)22/h3-13,16,22H,14-15H2,1-2H3,(H,29,34)(H,31,32). The summed E-state index contributed by atoms with van der Waals surface area (Å²) >= 11 is 3.38. The van der Waals surface area contributed by atoms with E-state index < -0.39 is 24.5 Å². The summed E-state index contributed by atoms with van der Waals surface area (Å²) in [5, 5.41) is 11.8. The lowest BCUT2D eigenvalue weighted by Crippen LogP contribution is -2.40. The number of aliphatic carboxylic acids is 1. The van der Waals surface area contributed by atoms with Gasteiger partial charge >= 0.3 is 12.1 Å². The Morgan fingerprint density at radius 1 is 1.00 bits per heavy atom. The number of hydrogen-bond acceptors (Lipinski definition) is 4. The second-order valence-corrected chi connectivity index (χ2v) is 9.42. The number of carbonyl (C=O) groups excluding carboxylic acids is 2. The molecule has 0 spiro atoms. The largest absolute Gasteiger partial charge is 0.480 e. The van der Waals surface area contributed by atoms with Crippen molar-refractivity contribution in [3.63, 3.8) is 0 Å². The molecule has 3 aromatic carbocycles. The number of ether oxygens (including phenoxy) is 1. The van der Waals surface area contributed by atoms with Crippen molar-refractivity contribution in [2.75, 3.05) is 18.5 Å². The van der Waals surface area contributed by atoms with Gasteiger partial charge in [0.2, 0.25) is 0 Å². The summed E-state index contributed by atoms with van der Waals surface area (Å²) < 4.78 is 6.06. The predicted octanol–water partition coefficient (Wildman–Crippen LogP) is 5.75. The minimum Gasteiger partial charge on any atom is -0.480 e. The van der Waals surface area contributed by atoms with E-state index >= 15 is 0 Å². The van der Waals surface area contributed by atoms with Crippen molar-refractivity contribution >= 4 is 39.6 Å². The van der Waals surface area contributed by atoms with Crippen molar-refractivity contribution in [2.24, 2.45) is 0 Å². The number of carboxylic acids is 1. The van der Waals surface area contributed by atoms with Crippen LogP contribution in [0.25, 0.3) is 11.1 Å². The van der Waals surface area contributed by atoms with Crippen molar-refractivity contribution in [1.82, 2.24) is 4.90 Å². The van der Waals surface area contributed by atoms with Crippen LogP contribution in [0, 0.1) is 0 Å². The third-order valence-corrected chi connectivity index (χ3v) is 6.64. The van der Waals surface area contributed by atoms with Crippen LogP contribution in [0.3, 0.4) is 0 Å². The normalized spacial score (nSPS) is 12.1. The molecule has 0 atom stereocenters. The predicted molar refractivity (Wildman–Crippen MR) is 137 cm³/mol. The quantitative estimate of drug-likeness (QED) is 0.401. The highest BCUT2D eigenvalue weighted by atomic mass is 79.9. The average Bonchev–Trinajstić information content (AvgIpc) is 3.15. The van der Waals surface area contributed by atoms with Gasteiger partial charge in [-0.05, 0) is 70.2 Å². The first-order chi connectivity index (χ1) is 16.8. The number of benzene rings is 3. The van der Waals surface area contributed by atoms with Crippen LogP contribution in [0.1, 0.15) is 41.3 Å². The molecule has 0 saturated heterocycles. The monoisotopic (exact) mass is 536 g/mol. The van der Waals surface area contributed by atoms with Crippen LogP contribution in [-0.2, 0) is 9.53 Å². The number of nitrogens with zero attached hydrogens (tertiary/aromatic N) is 1. The zero-order chi connectivity index (χ0) is 25.1. The fourth-order valence-corrected chi connectivity index (χ4v) is 4.77. The Balaban J connectivity index is 1.43. The second kappa shape index (κ2) is 10.3. The molecule has 0 saturated carbocycles. The molecule has 1 aliphatic carbocycles. The topological polar surface area (TPSA) is 95.9 Å². The molecule has 0 bridgehead atoms. The number of nitrogens with one attached hydrogen (secondary N) is 1. The molecule has 0 heterocycles. The van der Waals surface area contributed by atoms with E-state index in [4.69, 9.17) is 9.84 Å². The maximum absolute atomic E-state index is 12.8. The summed E-state index contributed by atoms with van der Waals surface area (Å²) in [6, 6.07) is 20.6. The van der Waals surface area contributed by atoms with Crippen LogP contribution in [0.4, 0.5) is 10.5 Å². The van der Waals surface area contributed by atoms with Crippen LogP contribution in [0.15, 0.2) is 71.2 Å². The molecule has 8 heteroatoms. The number of fused-ring (bicyclic) bond motifs is 3. The molecule has 0 aromatic heterocycles. The molecule has 0 aliphatic heterocycles. The molecule has 180 valence electrons. The summed E-state index contributed by atoms with van der Waals surface area (Å²) in [5.41, 5.74) is 5.30. The lowest BCUT2D eigenvalue weighted by Gasteiger charge is -2.25. The van der Waals surface area contributed by atoms with Gasteiger partial charge in [-0.3, -0.25) is 14.9 Å². The second-order valence-electron chi connectivity index (χ2n) is 8.57. The van der Waals surface area contributed by atoms with E-state index in [1.165, 1.54) is 4.90 Å². The highest BCUT2D eigenvalue weighted by Crippen LogP contribution is 2.44. The molecule has 2 amide bonds. The molecule has 0 fully saturated rings. The number of carbonyl (C=O) groups is 3. The van der Waals surface area contributed by atoms with Crippen molar-refractivity contribution in [1.29, 1.82) is 0 Å². The molecular formula is C27H25BrN2O5. The highest BCUT2D eigenvalue weighted by Gasteiger charge is 2.29. The number of rotatable bonds is 7. The van der Waals surface area contributed by atoms with Gasteiger partial charge in [-0.1, -0.05) is 48.5 Å². The molecule has 7 nitrogen and oxygen atoms in total. The average molecular weight is 537 g/mol. The molecule has 4 rings (SSSR count). The third kappa shape index (κ3) is 5.22. The first-order valence-corrected chi connectivity index (χ1v) is 12.0. The zero-order valence-electron chi connectivity index (χ0n) is 19.3. The van der Waals surface area contributed by atoms with E-state index in [0.717, 1.165) is 22.3 Å². The summed E-state index contributed by atoms with van der Waals surface area (Å²) in [5.74, 6) is -1.54. The van der Waals surface area contributed by atoms with Crippen molar-refractivity contribution in [3.8, 4) is 11.1 Å². The first kappa shape index (κ1) is 24.5. The Morgan fingerprint density at radius 3 is 2.14 bits per heavy atom. The van der Waals surface area contributed by atoms with Crippen LogP contribution >= 0.6 is 15.9 Å². The van der Waals surface area contributed by atoms with Crippen LogP contribution in [0.2, 0.25) is 0 Å². The van der Waals surface area contributed by atoms with Crippen molar-refractivity contribution < 1.29 is 24.2 Å². The van der Waals surface area contributed by atoms with Gasteiger partial charge in [0.1, 0.15) is 13.2 Å². The summed E-state index contributed by atoms with van der Waals surface area (Å²) in [6.45, 7) is 3.30. The number of amides is 2. The van der Waals surface area contributed by atoms with E-state index in [2.05, 4.69) is 45.5 Å². The summed E-state index contributed by atoms with van der Waals surface area (Å²) in [7, 11) is 0. The fraction of sp³-hybridized carbons (Fsp3) is 0.222. The van der Waals surface area contributed by atoms with Gasteiger partial charge in [-0.25, -0.2) is 4.79 Å². The van der Waals surface area contributed by atoms with E-state index in [1.54, 1.807) is 32.0 Å². The van der Waals surface area contributed by atoms with Gasteiger partial charge in [-0.15, -0.1) is 0 Å². The lowest BCUT2D eigenvalue weighted by atomic mass is 9.98. The van der Waals surface area contributed by atoms with Gasteiger partial charge in [0.15, 0.2) is 0 Å². The van der Waals surface area contributed by atoms with Gasteiger partial charge in [0.25, 0.3) is 5.91 Å². The zero-order valence-corrected chi connectivity index (χ0v) is 20.9. The maximum Gasteiger partial charge on any atom is 0.411 e. The van der Waals surface area contributed by atoms with Crippen LogP contribution in [-0.4, -0.2) is 47.2 Å². The SMILES string of the molecule is CC(C)N(CC(=O)O)C(=O)c1ccc(NC(=O)OCC2c3ccccc3-c3ccccc32)c(Br)c1. The van der Waals surface area contributed by atoms with Gasteiger partial charge < -0.3 is 14.7 Å². The van der Waals surface area contributed by atoms with E-state index in [0.29, 0.717) is 15.7 Å². The summed E-state index contributed by atoms with van der Waals surface area (Å²) in [4.78, 5) is 37.8. The minimum atomic E-state index is -1.08. The smallest absolute Gasteiger partial charge is 0.411 e. The van der Waals surface area contributed by atoms with Crippen LogP contribution in [0.5, 0.6) is 0 Å². The molecule has 35 heavy (non-hydrogen) atoms. The van der Waals surface area contributed by atoms with Gasteiger partial charge in [0, 0.05) is 22.0 Å². The van der Waals surface area contributed by atoms with Gasteiger partial charge in [0.05, 0.1) is 5.69 Å². The Kier molecular flexibility index (Phi) is 7.21. The molecule has 1 aliphatic rings. The summed E-state index contributed by atoms with van der Waals surface area (Å²) in [6.07, 6.45) is -0.610. The number of carboxylic acid groups (broad SMARTS) is 1. The number of hydrogen-bond donors (Lipinski definition) is 2. The van der Waals surface area contributed by atoms with Gasteiger partial charge in [-0.2, -0.15) is 0 Å². The Bertz CT molecular complexity index is 1240. The first-order valence-electron chi connectivity index (χ1n) is 11.2. The lowest BCUT2D eigenvalue weighted by molar-refractivity contribution is -0.138. The Labute approximate surface area is 211 Å². The molecule has 2 N–H and O–H groups in total. The number of halogens is 1. The Morgan fingerprint density at radius 2 is 1.60 bits per heavy atom.